The second-order valence-corrected chi connectivity index (χ2v) is 6.69. The van der Waals surface area contributed by atoms with Gasteiger partial charge in [-0.05, 0) is 48.9 Å². The first kappa shape index (κ1) is 16.3. The van der Waals surface area contributed by atoms with Gasteiger partial charge >= 0.3 is 0 Å². The van der Waals surface area contributed by atoms with Crippen molar-refractivity contribution in [1.29, 1.82) is 0 Å². The molecule has 0 fully saturated rings. The minimum absolute atomic E-state index is 0.753. The van der Waals surface area contributed by atoms with Gasteiger partial charge in [-0.25, -0.2) is 4.98 Å². The Balaban J connectivity index is 1.38. The van der Waals surface area contributed by atoms with Crippen LogP contribution >= 0.6 is 27.5 Å². The molecule has 0 amide bonds. The number of aromatic nitrogens is 2. The summed E-state index contributed by atoms with van der Waals surface area (Å²) in [5, 5.41) is 7.49. The Morgan fingerprint density at radius 2 is 2.00 bits per heavy atom. The molecule has 3 N–H and O–H groups in total. The molecule has 0 aliphatic rings. The smallest absolute Gasteiger partial charge is 0.201 e. The number of hydrogen-bond acceptors (Lipinski definition) is 3. The Bertz CT molecular complexity index is 734. The average Bonchev–Trinajstić information content (AvgIpc) is 2.92. The van der Waals surface area contributed by atoms with Crippen LogP contribution in [0.2, 0.25) is 5.02 Å². The van der Waals surface area contributed by atoms with E-state index in [-0.39, 0.29) is 0 Å². The summed E-state index contributed by atoms with van der Waals surface area (Å²) >= 11 is 9.49. The summed E-state index contributed by atoms with van der Waals surface area (Å²) in [5.41, 5.74) is 3.22. The van der Waals surface area contributed by atoms with Gasteiger partial charge in [-0.15, -0.1) is 0 Å². The zero-order valence-electron chi connectivity index (χ0n) is 12.6. The molecule has 0 atom stereocenters. The topological polar surface area (TPSA) is 52.7 Å². The quantitative estimate of drug-likeness (QED) is 0.515. The summed E-state index contributed by atoms with van der Waals surface area (Å²) in [7, 11) is 0. The van der Waals surface area contributed by atoms with Crippen molar-refractivity contribution in [3.05, 3.63) is 57.5 Å². The fourth-order valence-electron chi connectivity index (χ4n) is 2.40. The number of nitrogens with zero attached hydrogens (tertiary/aromatic N) is 1. The van der Waals surface area contributed by atoms with Crippen LogP contribution in [0.4, 0.5) is 5.95 Å². The molecule has 0 radical (unpaired) electrons. The third kappa shape index (κ3) is 4.70. The van der Waals surface area contributed by atoms with Gasteiger partial charge in [0.15, 0.2) is 0 Å². The van der Waals surface area contributed by atoms with Gasteiger partial charge < -0.3 is 15.6 Å². The molecule has 3 aromatic rings. The number of benzene rings is 2. The van der Waals surface area contributed by atoms with E-state index in [0.717, 1.165) is 52.5 Å². The molecule has 0 bridgehead atoms. The van der Waals surface area contributed by atoms with Crippen molar-refractivity contribution in [2.75, 3.05) is 18.4 Å². The highest BCUT2D eigenvalue weighted by Gasteiger charge is 2.01. The monoisotopic (exact) mass is 392 g/mol. The molecular weight excluding hydrogens is 376 g/mol. The number of halogens is 2. The Kier molecular flexibility index (Phi) is 5.54. The summed E-state index contributed by atoms with van der Waals surface area (Å²) in [6, 6.07) is 14.0. The number of para-hydroxylation sites is 2. The lowest BCUT2D eigenvalue weighted by atomic mass is 10.2. The minimum Gasteiger partial charge on any atom is -0.356 e. The molecule has 3 rings (SSSR count). The van der Waals surface area contributed by atoms with E-state index in [0.29, 0.717) is 0 Å². The predicted octanol–water partition coefficient (Wildman–Crippen LogP) is 4.57. The van der Waals surface area contributed by atoms with Crippen LogP contribution in [0.1, 0.15) is 12.0 Å². The predicted molar refractivity (Wildman–Crippen MR) is 100 cm³/mol. The third-order valence-electron chi connectivity index (χ3n) is 3.46. The second kappa shape index (κ2) is 7.81. The molecule has 120 valence electrons. The molecule has 0 aliphatic carbocycles. The van der Waals surface area contributed by atoms with E-state index < -0.39 is 0 Å². The third-order valence-corrected chi connectivity index (χ3v) is 4.14. The number of fused-ring (bicyclic) bond motifs is 1. The van der Waals surface area contributed by atoms with Gasteiger partial charge in [0.1, 0.15) is 0 Å². The van der Waals surface area contributed by atoms with E-state index in [9.17, 15) is 0 Å². The molecule has 6 heteroatoms. The van der Waals surface area contributed by atoms with Crippen LogP contribution < -0.4 is 10.6 Å². The number of H-pyrrole nitrogens is 1. The van der Waals surface area contributed by atoms with Crippen molar-refractivity contribution >= 4 is 44.5 Å². The summed E-state index contributed by atoms with van der Waals surface area (Å²) in [6.07, 6.45) is 1.01. The van der Waals surface area contributed by atoms with Crippen LogP contribution in [0.5, 0.6) is 0 Å². The van der Waals surface area contributed by atoms with E-state index in [1.165, 1.54) is 5.56 Å². The lowest BCUT2D eigenvalue weighted by Crippen LogP contribution is -2.17. The first-order chi connectivity index (χ1) is 11.2. The molecular formula is C17H18BrClN4. The van der Waals surface area contributed by atoms with Crippen molar-refractivity contribution in [3.63, 3.8) is 0 Å². The van der Waals surface area contributed by atoms with Crippen molar-refractivity contribution in [2.24, 2.45) is 0 Å². The highest BCUT2D eigenvalue weighted by atomic mass is 79.9. The summed E-state index contributed by atoms with van der Waals surface area (Å²) in [4.78, 5) is 7.75. The maximum absolute atomic E-state index is 6.04. The van der Waals surface area contributed by atoms with Gasteiger partial charge in [-0.2, -0.15) is 0 Å². The number of rotatable bonds is 7. The molecule has 0 saturated heterocycles. The summed E-state index contributed by atoms with van der Waals surface area (Å²) in [5.74, 6) is 0.824. The number of nitrogens with one attached hydrogen (secondary N) is 3. The second-order valence-electron chi connectivity index (χ2n) is 5.34. The molecule has 1 heterocycles. The fraction of sp³-hybridized carbons (Fsp3) is 0.235. The first-order valence-electron chi connectivity index (χ1n) is 7.55. The van der Waals surface area contributed by atoms with Crippen LogP contribution in [-0.4, -0.2) is 23.1 Å². The van der Waals surface area contributed by atoms with E-state index in [2.05, 4.69) is 42.6 Å². The number of anilines is 1. The van der Waals surface area contributed by atoms with Crippen molar-refractivity contribution < 1.29 is 0 Å². The largest absolute Gasteiger partial charge is 0.356 e. The average molecular weight is 394 g/mol. The molecule has 1 aromatic heterocycles. The van der Waals surface area contributed by atoms with E-state index >= 15 is 0 Å². The molecule has 0 saturated carbocycles. The molecule has 0 aliphatic heterocycles. The van der Waals surface area contributed by atoms with Gasteiger partial charge in [0, 0.05) is 22.6 Å². The standard InChI is InChI=1S/C17H18BrClN4/c18-13-8-12(9-14(19)10-13)11-20-6-3-7-21-17-22-15-4-1-2-5-16(15)23-17/h1-2,4-5,8-10,20H,3,6-7,11H2,(H2,21,22,23). The van der Waals surface area contributed by atoms with E-state index in [1.807, 2.05) is 36.4 Å². The lowest BCUT2D eigenvalue weighted by Gasteiger charge is -2.07. The molecule has 23 heavy (non-hydrogen) atoms. The first-order valence-corrected chi connectivity index (χ1v) is 8.72. The van der Waals surface area contributed by atoms with Gasteiger partial charge in [0.25, 0.3) is 0 Å². The molecule has 0 unspecified atom stereocenters. The van der Waals surface area contributed by atoms with Crippen molar-refractivity contribution in [1.82, 2.24) is 15.3 Å². The van der Waals surface area contributed by atoms with Gasteiger partial charge in [-0.3, -0.25) is 0 Å². The van der Waals surface area contributed by atoms with Crippen molar-refractivity contribution in [2.45, 2.75) is 13.0 Å². The zero-order valence-corrected chi connectivity index (χ0v) is 14.9. The van der Waals surface area contributed by atoms with Gasteiger partial charge in [0.05, 0.1) is 11.0 Å². The Hall–Kier alpha value is -1.56. The highest BCUT2D eigenvalue weighted by molar-refractivity contribution is 9.10. The van der Waals surface area contributed by atoms with Crippen LogP contribution in [0, 0.1) is 0 Å². The molecule has 2 aromatic carbocycles. The maximum atomic E-state index is 6.04. The zero-order chi connectivity index (χ0) is 16.1. The van der Waals surface area contributed by atoms with Crippen LogP contribution in [0.15, 0.2) is 46.9 Å². The van der Waals surface area contributed by atoms with Crippen molar-refractivity contribution in [3.8, 4) is 0 Å². The Labute approximate surface area is 148 Å². The highest BCUT2D eigenvalue weighted by Crippen LogP contribution is 2.19. The normalized spacial score (nSPS) is 11.0. The van der Waals surface area contributed by atoms with E-state index in [1.54, 1.807) is 0 Å². The number of hydrogen-bond donors (Lipinski definition) is 3. The van der Waals surface area contributed by atoms with Crippen LogP contribution in [0.25, 0.3) is 11.0 Å². The number of imidazole rings is 1. The summed E-state index contributed by atoms with van der Waals surface area (Å²) < 4.78 is 1.01. The van der Waals surface area contributed by atoms with Gasteiger partial charge in [0.2, 0.25) is 5.95 Å². The molecule has 4 nitrogen and oxygen atoms in total. The van der Waals surface area contributed by atoms with Crippen LogP contribution in [-0.2, 0) is 6.54 Å². The van der Waals surface area contributed by atoms with Gasteiger partial charge in [-0.1, -0.05) is 39.7 Å². The van der Waals surface area contributed by atoms with E-state index in [4.69, 9.17) is 11.6 Å². The Morgan fingerprint density at radius 1 is 1.13 bits per heavy atom. The summed E-state index contributed by atoms with van der Waals surface area (Å²) in [6.45, 7) is 2.60. The lowest BCUT2D eigenvalue weighted by molar-refractivity contribution is 0.662. The Morgan fingerprint density at radius 3 is 2.83 bits per heavy atom. The maximum Gasteiger partial charge on any atom is 0.201 e. The number of aromatic amines is 1. The minimum atomic E-state index is 0.753. The fourth-order valence-corrected chi connectivity index (χ4v) is 3.33. The molecule has 0 spiro atoms. The SMILES string of the molecule is Clc1cc(Br)cc(CNCCCNc2nc3ccccc3[nH]2)c1. The van der Waals surface area contributed by atoms with Crippen LogP contribution in [0.3, 0.4) is 0 Å².